The molecule has 1 aliphatic heterocycles. The van der Waals surface area contributed by atoms with Gasteiger partial charge in [0, 0.05) is 36.3 Å². The lowest BCUT2D eigenvalue weighted by Gasteiger charge is -2.30. The molecule has 0 fully saturated rings. The van der Waals surface area contributed by atoms with E-state index in [-0.39, 0.29) is 16.5 Å². The molecule has 1 aliphatic rings. The Hall–Kier alpha value is -3.04. The van der Waals surface area contributed by atoms with Gasteiger partial charge in [-0.05, 0) is 23.8 Å². The van der Waals surface area contributed by atoms with Crippen molar-refractivity contribution >= 4 is 28.4 Å². The summed E-state index contributed by atoms with van der Waals surface area (Å²) in [5.74, 6) is -0.781. The summed E-state index contributed by atoms with van der Waals surface area (Å²) >= 11 is 5.97. The van der Waals surface area contributed by atoms with Gasteiger partial charge in [-0.15, -0.1) is 0 Å². The van der Waals surface area contributed by atoms with E-state index in [1.807, 2.05) is 36.0 Å². The standard InChI is InChI=1S/C18H13ClN4O2/c1-23-5-4-10-14(23)3-2-11-15(9-6-13(19)18(24)22-8-9)12(7-20)17(21)25-16(10)11/h2-6,8,12,15,21H,1H3,(H,22,24). The summed E-state index contributed by atoms with van der Waals surface area (Å²) in [6.07, 6.45) is 3.46. The van der Waals surface area contributed by atoms with Crippen LogP contribution < -0.4 is 10.3 Å². The fourth-order valence-electron chi connectivity index (χ4n) is 3.36. The zero-order valence-corrected chi connectivity index (χ0v) is 14.0. The zero-order chi connectivity index (χ0) is 17.7. The molecule has 2 unspecified atom stereocenters. The van der Waals surface area contributed by atoms with E-state index < -0.39 is 11.8 Å². The molecule has 3 aromatic rings. The SMILES string of the molecule is Cn1ccc2c3c(ccc21)C(c1c[nH]c(=O)c(Cl)c1)C(C#N)C(=N)O3. The number of pyridine rings is 1. The molecule has 2 N–H and O–H groups in total. The van der Waals surface area contributed by atoms with Crippen molar-refractivity contribution in [2.45, 2.75) is 5.92 Å². The number of nitrogens with zero attached hydrogens (tertiary/aromatic N) is 2. The number of nitriles is 1. The highest BCUT2D eigenvalue weighted by molar-refractivity contribution is 6.30. The third-order valence-electron chi connectivity index (χ3n) is 4.59. The molecule has 3 heterocycles. The Morgan fingerprint density at radius 2 is 2.20 bits per heavy atom. The summed E-state index contributed by atoms with van der Waals surface area (Å²) in [7, 11) is 1.93. The van der Waals surface area contributed by atoms with E-state index in [2.05, 4.69) is 11.1 Å². The average Bonchev–Trinajstić information content (AvgIpc) is 2.98. The van der Waals surface area contributed by atoms with Gasteiger partial charge < -0.3 is 14.3 Å². The molecule has 25 heavy (non-hydrogen) atoms. The summed E-state index contributed by atoms with van der Waals surface area (Å²) in [5, 5.41) is 18.7. The van der Waals surface area contributed by atoms with Crippen LogP contribution >= 0.6 is 11.6 Å². The van der Waals surface area contributed by atoms with Crippen LogP contribution in [0.1, 0.15) is 17.0 Å². The summed E-state index contributed by atoms with van der Waals surface area (Å²) in [4.78, 5) is 14.2. The van der Waals surface area contributed by atoms with Crippen molar-refractivity contribution in [3.05, 3.63) is 63.2 Å². The second-order valence-corrected chi connectivity index (χ2v) is 6.41. The molecule has 2 atom stereocenters. The monoisotopic (exact) mass is 352 g/mol. The number of aromatic amines is 1. The van der Waals surface area contributed by atoms with E-state index in [1.165, 1.54) is 0 Å². The second-order valence-electron chi connectivity index (χ2n) is 6.00. The first kappa shape index (κ1) is 15.5. The fourth-order valence-corrected chi connectivity index (χ4v) is 3.54. The summed E-state index contributed by atoms with van der Waals surface area (Å²) in [5.41, 5.74) is 2.05. The lowest BCUT2D eigenvalue weighted by Crippen LogP contribution is -2.31. The Morgan fingerprint density at radius 1 is 1.40 bits per heavy atom. The molecular weight excluding hydrogens is 340 g/mol. The van der Waals surface area contributed by atoms with E-state index in [4.69, 9.17) is 21.7 Å². The number of ether oxygens (including phenoxy) is 1. The van der Waals surface area contributed by atoms with Crippen LogP contribution in [0.4, 0.5) is 0 Å². The minimum absolute atomic E-state index is 0.0505. The highest BCUT2D eigenvalue weighted by atomic mass is 35.5. The molecule has 2 aromatic heterocycles. The molecule has 1 aromatic carbocycles. The van der Waals surface area contributed by atoms with Crippen LogP contribution in [0.5, 0.6) is 5.75 Å². The Balaban J connectivity index is 2.00. The van der Waals surface area contributed by atoms with E-state index in [9.17, 15) is 10.1 Å². The highest BCUT2D eigenvalue weighted by Crippen LogP contribution is 2.45. The number of fused-ring (bicyclic) bond motifs is 3. The van der Waals surface area contributed by atoms with Crippen molar-refractivity contribution in [1.29, 1.82) is 10.7 Å². The Morgan fingerprint density at radius 3 is 2.92 bits per heavy atom. The predicted octanol–water partition coefficient (Wildman–Crippen LogP) is 3.16. The number of nitrogens with one attached hydrogen (secondary N) is 2. The number of hydrogen-bond donors (Lipinski definition) is 2. The maximum absolute atomic E-state index is 11.6. The van der Waals surface area contributed by atoms with Crippen LogP contribution in [0.15, 0.2) is 41.5 Å². The molecule has 7 heteroatoms. The van der Waals surface area contributed by atoms with Crippen LogP contribution in [-0.2, 0) is 7.05 Å². The molecule has 0 amide bonds. The molecule has 0 aliphatic carbocycles. The van der Waals surface area contributed by atoms with Crippen LogP contribution in [0.25, 0.3) is 10.9 Å². The van der Waals surface area contributed by atoms with Gasteiger partial charge >= 0.3 is 0 Å². The zero-order valence-electron chi connectivity index (χ0n) is 13.2. The Bertz CT molecular complexity index is 1120. The maximum atomic E-state index is 11.6. The third kappa shape index (κ3) is 2.24. The van der Waals surface area contributed by atoms with Crippen LogP contribution in [-0.4, -0.2) is 15.4 Å². The minimum Gasteiger partial charge on any atom is -0.441 e. The van der Waals surface area contributed by atoms with Gasteiger partial charge in [-0.1, -0.05) is 17.7 Å². The predicted molar refractivity (Wildman–Crippen MR) is 94.3 cm³/mol. The number of H-pyrrole nitrogens is 1. The molecule has 124 valence electrons. The van der Waals surface area contributed by atoms with Gasteiger partial charge in [0.25, 0.3) is 5.56 Å². The molecule has 0 radical (unpaired) electrons. The number of hydrogen-bond acceptors (Lipinski definition) is 4. The van der Waals surface area contributed by atoms with Gasteiger partial charge in [0.15, 0.2) is 0 Å². The topological polar surface area (TPSA) is 94.7 Å². The lowest BCUT2D eigenvalue weighted by atomic mass is 9.79. The van der Waals surface area contributed by atoms with Crippen molar-refractivity contribution < 1.29 is 4.74 Å². The molecule has 0 saturated heterocycles. The summed E-state index contributed by atoms with van der Waals surface area (Å²) in [6, 6.07) is 9.47. The number of benzene rings is 1. The molecule has 0 bridgehead atoms. The fraction of sp³-hybridized carbons (Fsp3) is 0.167. The van der Waals surface area contributed by atoms with E-state index in [1.54, 1.807) is 12.3 Å². The van der Waals surface area contributed by atoms with Crippen molar-refractivity contribution in [1.82, 2.24) is 9.55 Å². The molecule has 0 saturated carbocycles. The van der Waals surface area contributed by atoms with Gasteiger partial charge in [0.2, 0.25) is 5.90 Å². The Labute approximate surface area is 147 Å². The average molecular weight is 353 g/mol. The quantitative estimate of drug-likeness (QED) is 0.704. The third-order valence-corrected chi connectivity index (χ3v) is 4.87. The van der Waals surface area contributed by atoms with Crippen LogP contribution in [0.2, 0.25) is 5.02 Å². The summed E-state index contributed by atoms with van der Waals surface area (Å²) in [6.45, 7) is 0. The normalized spacial score (nSPS) is 19.3. The smallest absolute Gasteiger partial charge is 0.266 e. The first-order chi connectivity index (χ1) is 12.0. The van der Waals surface area contributed by atoms with Crippen molar-refractivity contribution in [3.8, 4) is 11.8 Å². The van der Waals surface area contributed by atoms with Crippen molar-refractivity contribution in [2.24, 2.45) is 13.0 Å². The van der Waals surface area contributed by atoms with Gasteiger partial charge in [-0.2, -0.15) is 5.26 Å². The van der Waals surface area contributed by atoms with Crippen LogP contribution in [0.3, 0.4) is 0 Å². The number of halogens is 1. The highest BCUT2D eigenvalue weighted by Gasteiger charge is 2.38. The Kier molecular flexibility index (Phi) is 3.41. The first-order valence-corrected chi connectivity index (χ1v) is 8.01. The minimum atomic E-state index is -0.796. The van der Waals surface area contributed by atoms with E-state index in [0.29, 0.717) is 11.3 Å². The number of rotatable bonds is 1. The number of aromatic nitrogens is 2. The molecule has 6 nitrogen and oxygen atoms in total. The largest absolute Gasteiger partial charge is 0.441 e. The van der Waals surface area contributed by atoms with E-state index >= 15 is 0 Å². The van der Waals surface area contributed by atoms with Crippen molar-refractivity contribution in [2.75, 3.05) is 0 Å². The molecule has 0 spiro atoms. The molecular formula is C18H13ClN4O2. The maximum Gasteiger partial charge on any atom is 0.266 e. The summed E-state index contributed by atoms with van der Waals surface area (Å²) < 4.78 is 7.67. The van der Waals surface area contributed by atoms with Gasteiger partial charge in [0.1, 0.15) is 16.7 Å². The van der Waals surface area contributed by atoms with Gasteiger partial charge in [0.05, 0.1) is 11.6 Å². The lowest BCUT2D eigenvalue weighted by molar-refractivity contribution is 0.455. The first-order valence-electron chi connectivity index (χ1n) is 7.63. The second kappa shape index (κ2) is 5.50. The van der Waals surface area contributed by atoms with Crippen LogP contribution in [0, 0.1) is 22.7 Å². The van der Waals surface area contributed by atoms with Gasteiger partial charge in [-0.3, -0.25) is 10.2 Å². The van der Waals surface area contributed by atoms with E-state index in [0.717, 1.165) is 16.5 Å². The van der Waals surface area contributed by atoms with Gasteiger partial charge in [-0.25, -0.2) is 0 Å². The van der Waals surface area contributed by atoms with Crippen molar-refractivity contribution in [3.63, 3.8) is 0 Å². The molecule has 4 rings (SSSR count). The number of aryl methyl sites for hydroxylation is 1.